The molecule has 0 radical (unpaired) electrons. The van der Waals surface area contributed by atoms with Crippen molar-refractivity contribution in [3.63, 3.8) is 0 Å². The summed E-state index contributed by atoms with van der Waals surface area (Å²) >= 11 is 0. The van der Waals surface area contributed by atoms with Gasteiger partial charge in [-0.1, -0.05) is 41.5 Å². The van der Waals surface area contributed by atoms with E-state index in [1.165, 1.54) is 0 Å². The molecular weight excluding hydrogens is 381 g/mol. The van der Waals surface area contributed by atoms with Crippen molar-refractivity contribution in [1.82, 2.24) is 10.2 Å². The summed E-state index contributed by atoms with van der Waals surface area (Å²) in [5.74, 6) is 0.403. The number of phenolic OH excluding ortho intramolecular Hbond substituents is 1. The maximum absolute atomic E-state index is 10.9. The van der Waals surface area contributed by atoms with E-state index in [4.69, 9.17) is 0 Å². The molecule has 0 amide bonds. The maximum atomic E-state index is 10.9. The largest absolute Gasteiger partial charge is 0.507 e. The van der Waals surface area contributed by atoms with Crippen molar-refractivity contribution in [3.05, 3.63) is 28.8 Å². The molecule has 1 aliphatic heterocycles. The van der Waals surface area contributed by atoms with Gasteiger partial charge in [0.2, 0.25) is 0 Å². The van der Waals surface area contributed by atoms with Crippen LogP contribution in [0.5, 0.6) is 5.75 Å². The lowest BCUT2D eigenvalue weighted by atomic mass is 9.77. The number of hydrogen-bond acceptors (Lipinski definition) is 4. The molecule has 1 fully saturated rings. The van der Waals surface area contributed by atoms with E-state index in [-0.39, 0.29) is 41.7 Å². The molecule has 0 saturated carbocycles. The van der Waals surface area contributed by atoms with Crippen LogP contribution in [0.4, 0.5) is 0 Å². The minimum Gasteiger partial charge on any atom is -0.507 e. The minimum absolute atomic E-state index is 0. The lowest BCUT2D eigenvalue weighted by molar-refractivity contribution is 0.175. The number of nitrogens with zero attached hydrogens (tertiary/aromatic N) is 2. The summed E-state index contributed by atoms with van der Waals surface area (Å²) in [5, 5.41) is 23.7. The molecule has 0 aliphatic carbocycles. The zero-order chi connectivity index (χ0) is 18.8. The number of rotatable bonds is 3. The highest BCUT2D eigenvalue weighted by atomic mass is 35.5. The molecule has 1 aromatic carbocycles. The number of halogens is 2. The first kappa shape index (κ1) is 26.0. The second-order valence-corrected chi connectivity index (χ2v) is 9.13. The molecule has 2 N–H and O–H groups in total. The van der Waals surface area contributed by atoms with Crippen LogP contribution in [-0.2, 0) is 10.8 Å². The molecule has 0 bridgehead atoms. The molecule has 154 valence electrons. The van der Waals surface area contributed by atoms with E-state index in [1.54, 1.807) is 0 Å². The Kier molecular flexibility index (Phi) is 9.61. The Morgan fingerprint density at radius 1 is 1.04 bits per heavy atom. The molecule has 1 aliphatic rings. The normalized spacial score (nSPS) is 16.6. The number of phenols is 1. The van der Waals surface area contributed by atoms with E-state index in [0.29, 0.717) is 12.2 Å². The van der Waals surface area contributed by atoms with Crippen molar-refractivity contribution in [2.24, 2.45) is 0 Å². The Morgan fingerprint density at radius 2 is 1.48 bits per heavy atom. The first-order chi connectivity index (χ1) is 11.6. The Bertz CT molecular complexity index is 616. The van der Waals surface area contributed by atoms with Gasteiger partial charge in [-0.15, -0.1) is 24.8 Å². The highest BCUT2D eigenvalue weighted by Crippen LogP contribution is 2.42. The lowest BCUT2D eigenvalue weighted by Crippen LogP contribution is -2.45. The van der Waals surface area contributed by atoms with E-state index >= 15 is 0 Å². The summed E-state index contributed by atoms with van der Waals surface area (Å²) in [6, 6.07) is 6.69. The molecule has 2 rings (SSSR count). The van der Waals surface area contributed by atoms with Gasteiger partial charge in [0.1, 0.15) is 5.75 Å². The van der Waals surface area contributed by atoms with Crippen LogP contribution in [0.2, 0.25) is 0 Å². The van der Waals surface area contributed by atoms with Crippen molar-refractivity contribution in [3.8, 4) is 11.8 Å². The van der Waals surface area contributed by atoms with E-state index in [2.05, 4.69) is 70.0 Å². The first-order valence-corrected chi connectivity index (χ1v) is 9.25. The van der Waals surface area contributed by atoms with Crippen molar-refractivity contribution < 1.29 is 5.11 Å². The maximum Gasteiger partial charge on any atom is 0.123 e. The van der Waals surface area contributed by atoms with E-state index < -0.39 is 0 Å². The van der Waals surface area contributed by atoms with Crippen LogP contribution in [0, 0.1) is 11.3 Å². The van der Waals surface area contributed by atoms with Crippen LogP contribution in [0.1, 0.15) is 70.7 Å². The molecule has 6 heteroatoms. The van der Waals surface area contributed by atoms with Gasteiger partial charge in [0.25, 0.3) is 0 Å². The highest BCUT2D eigenvalue weighted by Gasteiger charge is 2.30. The van der Waals surface area contributed by atoms with Gasteiger partial charge in [-0.25, -0.2) is 0 Å². The van der Waals surface area contributed by atoms with Gasteiger partial charge in [-0.2, -0.15) is 5.26 Å². The van der Waals surface area contributed by atoms with Gasteiger partial charge in [0.05, 0.1) is 12.5 Å². The number of nitrogens with one attached hydrogen (secondary N) is 1. The van der Waals surface area contributed by atoms with Crippen LogP contribution in [0.15, 0.2) is 12.1 Å². The number of piperazine rings is 1. The summed E-state index contributed by atoms with van der Waals surface area (Å²) in [5.41, 5.74) is 2.78. The predicted molar refractivity (Wildman–Crippen MR) is 117 cm³/mol. The number of nitriles is 1. The summed E-state index contributed by atoms with van der Waals surface area (Å²) < 4.78 is 0. The quantitative estimate of drug-likeness (QED) is 0.751. The fourth-order valence-electron chi connectivity index (χ4n) is 3.53. The van der Waals surface area contributed by atoms with E-state index in [1.807, 2.05) is 0 Å². The average Bonchev–Trinajstić information content (AvgIpc) is 2.51. The standard InChI is InChI=1S/C21H33N3O.2ClH/c1-20(2,3)16-13-15(14-17(19(16)25)21(4,5)6)18(7-8-22)24-11-9-23-10-12-24;;/h13-14,18,23,25H,7,9-12H2,1-6H3;2*1H/t18-;;/m1../s1. The van der Waals surface area contributed by atoms with Crippen molar-refractivity contribution in [2.45, 2.75) is 64.8 Å². The van der Waals surface area contributed by atoms with Gasteiger partial charge in [-0.05, 0) is 39.7 Å². The van der Waals surface area contributed by atoms with Crippen LogP contribution in [-0.4, -0.2) is 36.2 Å². The molecule has 27 heavy (non-hydrogen) atoms. The average molecular weight is 416 g/mol. The monoisotopic (exact) mass is 415 g/mol. The summed E-state index contributed by atoms with van der Waals surface area (Å²) in [6.07, 6.45) is 0.470. The SMILES string of the molecule is CC(C)(C)c1cc([C@@H](CC#N)N2CCNCC2)cc(C(C)(C)C)c1O.Cl.Cl. The van der Waals surface area contributed by atoms with Crippen molar-refractivity contribution in [2.75, 3.05) is 26.2 Å². The van der Waals surface area contributed by atoms with Crippen LogP contribution in [0.25, 0.3) is 0 Å². The van der Waals surface area contributed by atoms with E-state index in [0.717, 1.165) is 42.9 Å². The third-order valence-corrected chi connectivity index (χ3v) is 5.01. The highest BCUT2D eigenvalue weighted by molar-refractivity contribution is 5.85. The van der Waals surface area contributed by atoms with Gasteiger partial charge >= 0.3 is 0 Å². The second kappa shape index (κ2) is 9.98. The molecule has 1 aromatic rings. The van der Waals surface area contributed by atoms with Crippen LogP contribution >= 0.6 is 24.8 Å². The van der Waals surface area contributed by atoms with Gasteiger partial charge in [-0.3, -0.25) is 4.90 Å². The lowest BCUT2D eigenvalue weighted by Gasteiger charge is -2.36. The number of benzene rings is 1. The molecule has 0 aromatic heterocycles. The minimum atomic E-state index is -0.152. The molecular formula is C21H35Cl2N3O. The topological polar surface area (TPSA) is 59.3 Å². The fourth-order valence-corrected chi connectivity index (χ4v) is 3.53. The summed E-state index contributed by atoms with van der Waals surface area (Å²) in [4.78, 5) is 2.39. The third kappa shape index (κ3) is 6.26. The molecule has 1 saturated heterocycles. The van der Waals surface area contributed by atoms with Gasteiger partial charge in [0, 0.05) is 32.2 Å². The van der Waals surface area contributed by atoms with E-state index in [9.17, 15) is 10.4 Å². The van der Waals surface area contributed by atoms with Gasteiger partial charge < -0.3 is 10.4 Å². The fraction of sp³-hybridized carbons (Fsp3) is 0.667. The van der Waals surface area contributed by atoms with Crippen LogP contribution < -0.4 is 5.32 Å². The van der Waals surface area contributed by atoms with Crippen molar-refractivity contribution >= 4 is 24.8 Å². The second-order valence-electron chi connectivity index (χ2n) is 9.13. The summed E-state index contributed by atoms with van der Waals surface area (Å²) in [6.45, 7) is 16.6. The number of hydrogen-bond donors (Lipinski definition) is 2. The molecule has 1 heterocycles. The van der Waals surface area contributed by atoms with Crippen LogP contribution in [0.3, 0.4) is 0 Å². The molecule has 0 unspecified atom stereocenters. The predicted octanol–water partition coefficient (Wildman–Crippen LogP) is 4.69. The molecule has 4 nitrogen and oxygen atoms in total. The van der Waals surface area contributed by atoms with Crippen molar-refractivity contribution in [1.29, 1.82) is 5.26 Å². The Morgan fingerprint density at radius 3 is 1.85 bits per heavy atom. The zero-order valence-corrected chi connectivity index (χ0v) is 19.1. The Labute approximate surface area is 177 Å². The zero-order valence-electron chi connectivity index (χ0n) is 17.4. The number of aromatic hydroxyl groups is 1. The molecule has 0 spiro atoms. The van der Waals surface area contributed by atoms with Gasteiger partial charge in [0.15, 0.2) is 0 Å². The Hall–Kier alpha value is -0.990. The Balaban J connectivity index is 0.00000338. The summed E-state index contributed by atoms with van der Waals surface area (Å²) in [7, 11) is 0. The molecule has 1 atom stereocenters. The smallest absolute Gasteiger partial charge is 0.123 e. The first-order valence-electron chi connectivity index (χ1n) is 9.25. The third-order valence-electron chi connectivity index (χ3n) is 5.01.